The molecule has 0 aliphatic heterocycles. The molecule has 0 aliphatic rings. The topological polar surface area (TPSA) is 33.1 Å². The molecule has 0 radical (unpaired) electrons. The normalized spacial score (nSPS) is 12.7. The van der Waals surface area contributed by atoms with E-state index in [1.807, 2.05) is 18.4 Å². The number of aromatic nitrogens is 1. The molecule has 90 valence electrons. The van der Waals surface area contributed by atoms with Gasteiger partial charge in [-0.3, -0.25) is 0 Å². The van der Waals surface area contributed by atoms with Crippen molar-refractivity contribution in [1.82, 2.24) is 4.98 Å². The molecule has 0 aliphatic carbocycles. The molecule has 1 N–H and O–H groups in total. The van der Waals surface area contributed by atoms with Gasteiger partial charge in [0.1, 0.15) is 11.1 Å². The van der Waals surface area contributed by atoms with Gasteiger partial charge in [-0.2, -0.15) is 0 Å². The lowest BCUT2D eigenvalue weighted by Gasteiger charge is -2.12. The molecule has 0 saturated heterocycles. The van der Waals surface area contributed by atoms with Crippen molar-refractivity contribution in [2.24, 2.45) is 0 Å². The zero-order chi connectivity index (χ0) is 12.4. The van der Waals surface area contributed by atoms with E-state index >= 15 is 0 Å². The Bertz CT molecular complexity index is 498. The molecule has 0 bridgehead atoms. The molecule has 2 aromatic rings. The minimum atomic E-state index is -0.492. The predicted molar refractivity (Wildman–Crippen MR) is 71.4 cm³/mol. The monoisotopic (exact) mass is 247 g/mol. The molecule has 0 spiro atoms. The van der Waals surface area contributed by atoms with Gasteiger partial charge in [-0.15, -0.1) is 11.3 Å². The fourth-order valence-corrected chi connectivity index (χ4v) is 2.76. The summed E-state index contributed by atoms with van der Waals surface area (Å²) in [6, 6.07) is 6.22. The van der Waals surface area contributed by atoms with Crippen molar-refractivity contribution in [3.8, 4) is 0 Å². The molecule has 0 fully saturated rings. The lowest BCUT2D eigenvalue weighted by Crippen LogP contribution is -2.04. The van der Waals surface area contributed by atoms with E-state index in [0.29, 0.717) is 6.42 Å². The van der Waals surface area contributed by atoms with Gasteiger partial charge in [0.2, 0.25) is 0 Å². The van der Waals surface area contributed by atoms with Crippen LogP contribution >= 0.6 is 11.3 Å². The van der Waals surface area contributed by atoms with E-state index in [1.54, 1.807) is 0 Å². The highest BCUT2D eigenvalue weighted by molar-refractivity contribution is 7.09. The number of benzene rings is 1. The number of hydrogen-bond donors (Lipinski definition) is 1. The van der Waals surface area contributed by atoms with Gasteiger partial charge in [0.15, 0.2) is 0 Å². The van der Waals surface area contributed by atoms with Gasteiger partial charge >= 0.3 is 0 Å². The van der Waals surface area contributed by atoms with Crippen molar-refractivity contribution in [3.05, 3.63) is 51.0 Å². The van der Waals surface area contributed by atoms with Crippen LogP contribution in [0.5, 0.6) is 0 Å². The molecule has 0 saturated carbocycles. The zero-order valence-electron chi connectivity index (χ0n) is 10.4. The van der Waals surface area contributed by atoms with E-state index in [9.17, 15) is 5.11 Å². The molecule has 3 heteroatoms. The van der Waals surface area contributed by atoms with Crippen LogP contribution in [-0.2, 0) is 6.42 Å². The van der Waals surface area contributed by atoms with E-state index in [4.69, 9.17) is 0 Å². The van der Waals surface area contributed by atoms with Crippen LogP contribution in [0.1, 0.15) is 33.5 Å². The average molecular weight is 247 g/mol. The molecular formula is C14H17NOS. The van der Waals surface area contributed by atoms with E-state index < -0.39 is 6.10 Å². The van der Waals surface area contributed by atoms with Gasteiger partial charge < -0.3 is 5.11 Å². The van der Waals surface area contributed by atoms with Crippen molar-refractivity contribution >= 4 is 11.3 Å². The Balaban J connectivity index is 2.21. The maximum Gasteiger partial charge on any atom is 0.122 e. The second-order valence-corrected chi connectivity index (χ2v) is 5.31. The standard InChI is InChI=1S/C14H17NOS/c1-9-5-4-6-10(2)12(9)7-13(16)14-15-11(3)8-17-14/h4-6,8,13,16H,7H2,1-3H3. The first-order chi connectivity index (χ1) is 8.08. The smallest absolute Gasteiger partial charge is 0.122 e. The van der Waals surface area contributed by atoms with Crippen LogP contribution in [0, 0.1) is 20.8 Å². The van der Waals surface area contributed by atoms with Gasteiger partial charge in [-0.25, -0.2) is 4.98 Å². The summed E-state index contributed by atoms with van der Waals surface area (Å²) in [4.78, 5) is 4.33. The lowest BCUT2D eigenvalue weighted by atomic mass is 9.98. The second-order valence-electron chi connectivity index (χ2n) is 4.42. The van der Waals surface area contributed by atoms with Gasteiger partial charge in [0.25, 0.3) is 0 Å². The van der Waals surface area contributed by atoms with Crippen LogP contribution < -0.4 is 0 Å². The first-order valence-electron chi connectivity index (χ1n) is 5.73. The SMILES string of the molecule is Cc1csc(C(O)Cc2c(C)cccc2C)n1. The molecule has 2 nitrogen and oxygen atoms in total. The number of aryl methyl sites for hydroxylation is 3. The third-order valence-corrected chi connectivity index (χ3v) is 4.03. The molecule has 1 heterocycles. The first-order valence-corrected chi connectivity index (χ1v) is 6.61. The highest BCUT2D eigenvalue weighted by Gasteiger charge is 2.14. The van der Waals surface area contributed by atoms with Crippen LogP contribution in [0.3, 0.4) is 0 Å². The molecule has 1 aromatic heterocycles. The Labute approximate surface area is 106 Å². The van der Waals surface area contributed by atoms with Crippen molar-refractivity contribution < 1.29 is 5.11 Å². The minimum absolute atomic E-state index is 0.492. The highest BCUT2D eigenvalue weighted by atomic mass is 32.1. The summed E-state index contributed by atoms with van der Waals surface area (Å²) in [5.41, 5.74) is 4.67. The summed E-state index contributed by atoms with van der Waals surface area (Å²) >= 11 is 1.53. The lowest BCUT2D eigenvalue weighted by molar-refractivity contribution is 0.177. The van der Waals surface area contributed by atoms with Crippen molar-refractivity contribution in [2.75, 3.05) is 0 Å². The quantitative estimate of drug-likeness (QED) is 0.902. The van der Waals surface area contributed by atoms with E-state index in [-0.39, 0.29) is 0 Å². The Hall–Kier alpha value is -1.19. The summed E-state index contributed by atoms with van der Waals surface area (Å²) < 4.78 is 0. The summed E-state index contributed by atoms with van der Waals surface area (Å²) in [5, 5.41) is 13.0. The van der Waals surface area contributed by atoms with Gasteiger partial charge in [-0.05, 0) is 37.5 Å². The Morgan fingerprint density at radius 3 is 2.41 bits per heavy atom. The van der Waals surface area contributed by atoms with Crippen molar-refractivity contribution in [1.29, 1.82) is 0 Å². The molecule has 1 unspecified atom stereocenters. The molecule has 1 aromatic carbocycles. The van der Waals surface area contributed by atoms with Crippen LogP contribution in [0.4, 0.5) is 0 Å². The fourth-order valence-electron chi connectivity index (χ4n) is 1.98. The predicted octanol–water partition coefficient (Wildman–Crippen LogP) is 3.34. The van der Waals surface area contributed by atoms with Gasteiger partial charge in [0.05, 0.1) is 0 Å². The third-order valence-electron chi connectivity index (χ3n) is 2.96. The van der Waals surface area contributed by atoms with Crippen molar-refractivity contribution in [3.63, 3.8) is 0 Å². The van der Waals surface area contributed by atoms with Gasteiger partial charge in [0, 0.05) is 17.5 Å². The summed E-state index contributed by atoms with van der Waals surface area (Å²) in [6.07, 6.45) is 0.152. The third kappa shape index (κ3) is 2.73. The fraction of sp³-hybridized carbons (Fsp3) is 0.357. The zero-order valence-corrected chi connectivity index (χ0v) is 11.2. The molecular weight excluding hydrogens is 230 g/mol. The number of hydrogen-bond acceptors (Lipinski definition) is 3. The average Bonchev–Trinajstić information content (AvgIpc) is 2.70. The first kappa shape index (κ1) is 12.3. The highest BCUT2D eigenvalue weighted by Crippen LogP contribution is 2.24. The number of nitrogens with zero attached hydrogens (tertiary/aromatic N) is 1. The maximum atomic E-state index is 10.2. The molecule has 17 heavy (non-hydrogen) atoms. The van der Waals surface area contributed by atoms with Crippen LogP contribution in [0.15, 0.2) is 23.6 Å². The summed E-state index contributed by atoms with van der Waals surface area (Å²) in [5.74, 6) is 0. The maximum absolute atomic E-state index is 10.2. The Morgan fingerprint density at radius 2 is 1.88 bits per heavy atom. The van der Waals surface area contributed by atoms with E-state index in [2.05, 4.69) is 31.0 Å². The number of rotatable bonds is 3. The van der Waals surface area contributed by atoms with Crippen LogP contribution in [0.25, 0.3) is 0 Å². The number of aliphatic hydroxyl groups excluding tert-OH is 1. The number of thiazole rings is 1. The Morgan fingerprint density at radius 1 is 1.24 bits per heavy atom. The van der Waals surface area contributed by atoms with Crippen molar-refractivity contribution in [2.45, 2.75) is 33.3 Å². The molecule has 2 rings (SSSR count). The molecule has 0 amide bonds. The van der Waals surface area contributed by atoms with E-state index in [0.717, 1.165) is 10.7 Å². The second kappa shape index (κ2) is 4.98. The van der Waals surface area contributed by atoms with Crippen LogP contribution in [0.2, 0.25) is 0 Å². The molecule has 1 atom stereocenters. The van der Waals surface area contributed by atoms with E-state index in [1.165, 1.54) is 28.0 Å². The van der Waals surface area contributed by atoms with Gasteiger partial charge in [-0.1, -0.05) is 18.2 Å². The number of aliphatic hydroxyl groups is 1. The largest absolute Gasteiger partial charge is 0.386 e. The Kier molecular flexibility index (Phi) is 3.60. The van der Waals surface area contributed by atoms with Crippen LogP contribution in [-0.4, -0.2) is 10.1 Å². The summed E-state index contributed by atoms with van der Waals surface area (Å²) in [6.45, 7) is 6.12. The minimum Gasteiger partial charge on any atom is -0.386 e. The summed E-state index contributed by atoms with van der Waals surface area (Å²) in [7, 11) is 0.